The van der Waals surface area contributed by atoms with E-state index in [0.717, 1.165) is 0 Å². The minimum Gasteiger partial charge on any atom is -0.380 e. The number of aromatic nitrogens is 3. The van der Waals surface area contributed by atoms with Crippen molar-refractivity contribution in [2.45, 2.75) is 20.4 Å². The van der Waals surface area contributed by atoms with Crippen LogP contribution in [0.1, 0.15) is 24.3 Å². The lowest BCUT2D eigenvalue weighted by atomic mass is 10.3. The van der Waals surface area contributed by atoms with Crippen molar-refractivity contribution in [1.82, 2.24) is 19.9 Å². The Morgan fingerprint density at radius 2 is 2.33 bits per heavy atom. The zero-order valence-electron chi connectivity index (χ0n) is 11.0. The lowest BCUT2D eigenvalue weighted by Gasteiger charge is -2.19. The Morgan fingerprint density at radius 1 is 1.56 bits per heavy atom. The zero-order valence-corrected chi connectivity index (χ0v) is 11.0. The molecule has 1 amide bonds. The quantitative estimate of drug-likeness (QED) is 0.646. The van der Waals surface area contributed by atoms with Gasteiger partial charge in [-0.05, 0) is 13.8 Å². The van der Waals surface area contributed by atoms with Crippen molar-refractivity contribution >= 4 is 5.91 Å². The number of likely N-dealkylation sites (N-methyl/N-ethyl adjacent to an activating group) is 1. The number of hydrogen-bond donors (Lipinski definition) is 1. The number of rotatable bonds is 8. The van der Waals surface area contributed by atoms with Crippen LogP contribution in [0.3, 0.4) is 0 Å². The normalized spacial score (nSPS) is 10.6. The summed E-state index contributed by atoms with van der Waals surface area (Å²) in [4.78, 5) is 13.8. The van der Waals surface area contributed by atoms with Gasteiger partial charge in [0, 0.05) is 26.2 Å². The monoisotopic (exact) mass is 255 g/mol. The summed E-state index contributed by atoms with van der Waals surface area (Å²) < 4.78 is 6.82. The van der Waals surface area contributed by atoms with E-state index in [-0.39, 0.29) is 5.91 Å². The molecule has 1 rings (SSSR count). The molecule has 102 valence electrons. The molecule has 0 aromatic carbocycles. The topological polar surface area (TPSA) is 86.3 Å². The second kappa shape index (κ2) is 7.78. The summed E-state index contributed by atoms with van der Waals surface area (Å²) in [7, 11) is 0. The molecule has 1 aromatic heterocycles. The van der Waals surface area contributed by atoms with Crippen molar-refractivity contribution in [3.05, 3.63) is 11.9 Å². The molecule has 1 heterocycles. The highest BCUT2D eigenvalue weighted by Gasteiger charge is 2.17. The molecule has 7 heteroatoms. The van der Waals surface area contributed by atoms with Crippen LogP contribution in [0.2, 0.25) is 0 Å². The van der Waals surface area contributed by atoms with E-state index in [1.807, 2.05) is 13.8 Å². The molecule has 2 N–H and O–H groups in total. The first-order chi connectivity index (χ1) is 8.72. The predicted molar refractivity (Wildman–Crippen MR) is 67.1 cm³/mol. The number of carbonyl (C=O) groups excluding carboxylic acids is 1. The number of carbonyl (C=O) groups is 1. The van der Waals surface area contributed by atoms with Gasteiger partial charge in [0.25, 0.3) is 5.91 Å². The smallest absolute Gasteiger partial charge is 0.276 e. The van der Waals surface area contributed by atoms with Gasteiger partial charge in [-0.2, -0.15) is 0 Å². The minimum atomic E-state index is -0.125. The maximum absolute atomic E-state index is 12.1. The number of hydrogen-bond acceptors (Lipinski definition) is 5. The Hall–Kier alpha value is -1.47. The molecule has 0 spiro atoms. The van der Waals surface area contributed by atoms with Crippen molar-refractivity contribution in [1.29, 1.82) is 0 Å². The van der Waals surface area contributed by atoms with Crippen LogP contribution in [-0.4, -0.2) is 58.6 Å². The second-order valence-corrected chi connectivity index (χ2v) is 3.74. The molecule has 0 saturated heterocycles. The molecule has 0 fully saturated rings. The average molecular weight is 255 g/mol. The number of nitrogens with zero attached hydrogens (tertiary/aromatic N) is 4. The standard InChI is InChI=1S/C11H21N5O2/c1-3-15(7-8-18-4-2)11(17)10-9-16(6-5-12)14-13-10/h9H,3-8,12H2,1-2H3. The van der Waals surface area contributed by atoms with E-state index >= 15 is 0 Å². The first-order valence-electron chi connectivity index (χ1n) is 6.20. The van der Waals surface area contributed by atoms with Crippen LogP contribution in [0.15, 0.2) is 6.20 Å². The molecule has 18 heavy (non-hydrogen) atoms. The molecule has 0 unspecified atom stereocenters. The maximum Gasteiger partial charge on any atom is 0.276 e. The molecule has 0 aliphatic carbocycles. The Bertz CT molecular complexity index is 366. The van der Waals surface area contributed by atoms with E-state index < -0.39 is 0 Å². The van der Waals surface area contributed by atoms with Crippen molar-refractivity contribution in [2.75, 3.05) is 32.8 Å². The lowest BCUT2D eigenvalue weighted by Crippen LogP contribution is -2.34. The van der Waals surface area contributed by atoms with Gasteiger partial charge < -0.3 is 15.4 Å². The molecular weight excluding hydrogens is 234 g/mol. The summed E-state index contributed by atoms with van der Waals surface area (Å²) >= 11 is 0. The Balaban J connectivity index is 2.58. The maximum atomic E-state index is 12.1. The molecule has 0 bridgehead atoms. The van der Waals surface area contributed by atoms with Gasteiger partial charge in [-0.3, -0.25) is 9.48 Å². The van der Waals surface area contributed by atoms with Crippen LogP contribution in [0, 0.1) is 0 Å². The Morgan fingerprint density at radius 3 is 2.94 bits per heavy atom. The van der Waals surface area contributed by atoms with E-state index in [1.165, 1.54) is 0 Å². The minimum absolute atomic E-state index is 0.125. The third-order valence-corrected chi connectivity index (χ3v) is 2.49. The van der Waals surface area contributed by atoms with Gasteiger partial charge in [0.15, 0.2) is 5.69 Å². The molecule has 0 radical (unpaired) electrons. The van der Waals surface area contributed by atoms with Crippen molar-refractivity contribution < 1.29 is 9.53 Å². The zero-order chi connectivity index (χ0) is 13.4. The summed E-state index contributed by atoms with van der Waals surface area (Å²) in [6.07, 6.45) is 1.62. The summed E-state index contributed by atoms with van der Waals surface area (Å²) in [5.74, 6) is -0.125. The average Bonchev–Trinajstić information content (AvgIpc) is 2.83. The molecule has 0 saturated carbocycles. The van der Waals surface area contributed by atoms with Crippen LogP contribution >= 0.6 is 0 Å². The van der Waals surface area contributed by atoms with Crippen LogP contribution in [0.5, 0.6) is 0 Å². The number of nitrogens with two attached hydrogens (primary N) is 1. The van der Waals surface area contributed by atoms with Gasteiger partial charge in [-0.1, -0.05) is 5.21 Å². The van der Waals surface area contributed by atoms with Crippen LogP contribution in [0.4, 0.5) is 0 Å². The fourth-order valence-corrected chi connectivity index (χ4v) is 1.52. The fourth-order valence-electron chi connectivity index (χ4n) is 1.52. The van der Waals surface area contributed by atoms with Gasteiger partial charge in [0.05, 0.1) is 19.3 Å². The van der Waals surface area contributed by atoms with Crippen molar-refractivity contribution in [3.63, 3.8) is 0 Å². The Kier molecular flexibility index (Phi) is 6.31. The summed E-state index contributed by atoms with van der Waals surface area (Å²) in [5.41, 5.74) is 5.76. The molecule has 0 aliphatic rings. The fraction of sp³-hybridized carbons (Fsp3) is 0.727. The molecule has 0 aliphatic heterocycles. The van der Waals surface area contributed by atoms with Crippen LogP contribution in [0.25, 0.3) is 0 Å². The van der Waals surface area contributed by atoms with Crippen molar-refractivity contribution in [2.24, 2.45) is 5.73 Å². The SMILES string of the molecule is CCOCCN(CC)C(=O)c1cn(CCN)nn1. The van der Waals surface area contributed by atoms with E-state index in [1.54, 1.807) is 15.8 Å². The van der Waals surface area contributed by atoms with Gasteiger partial charge in [0.1, 0.15) is 0 Å². The van der Waals surface area contributed by atoms with Crippen LogP contribution < -0.4 is 5.73 Å². The third kappa shape index (κ3) is 4.08. The van der Waals surface area contributed by atoms with Crippen LogP contribution in [-0.2, 0) is 11.3 Å². The largest absolute Gasteiger partial charge is 0.380 e. The van der Waals surface area contributed by atoms with E-state index in [0.29, 0.717) is 45.1 Å². The van der Waals surface area contributed by atoms with Gasteiger partial charge in [-0.15, -0.1) is 5.10 Å². The van der Waals surface area contributed by atoms with Gasteiger partial charge >= 0.3 is 0 Å². The highest BCUT2D eigenvalue weighted by Crippen LogP contribution is 2.01. The molecule has 0 atom stereocenters. The summed E-state index contributed by atoms with van der Waals surface area (Å²) in [6, 6.07) is 0. The van der Waals surface area contributed by atoms with Gasteiger partial charge in [0.2, 0.25) is 0 Å². The van der Waals surface area contributed by atoms with E-state index in [2.05, 4.69) is 10.3 Å². The predicted octanol–water partition coefficient (Wildman–Crippen LogP) is -0.265. The molecular formula is C11H21N5O2. The third-order valence-electron chi connectivity index (χ3n) is 2.49. The van der Waals surface area contributed by atoms with Crippen molar-refractivity contribution in [3.8, 4) is 0 Å². The first kappa shape index (κ1) is 14.6. The van der Waals surface area contributed by atoms with Gasteiger partial charge in [-0.25, -0.2) is 0 Å². The molecule has 7 nitrogen and oxygen atoms in total. The summed E-state index contributed by atoms with van der Waals surface area (Å²) in [5, 5.41) is 7.71. The lowest BCUT2D eigenvalue weighted by molar-refractivity contribution is 0.0663. The first-order valence-corrected chi connectivity index (χ1v) is 6.20. The highest BCUT2D eigenvalue weighted by atomic mass is 16.5. The van der Waals surface area contributed by atoms with E-state index in [9.17, 15) is 4.79 Å². The second-order valence-electron chi connectivity index (χ2n) is 3.74. The highest BCUT2D eigenvalue weighted by molar-refractivity contribution is 5.91. The summed E-state index contributed by atoms with van der Waals surface area (Å²) in [6.45, 7) is 7.25. The molecule has 1 aromatic rings. The number of amides is 1. The Labute approximate surface area is 107 Å². The van der Waals surface area contributed by atoms with E-state index in [4.69, 9.17) is 10.5 Å². The number of ether oxygens (including phenoxy) is 1.